The molecule has 5 rings (SSSR count). The summed E-state index contributed by atoms with van der Waals surface area (Å²) < 4.78 is 1.60. The Labute approximate surface area is 155 Å². The zero-order valence-electron chi connectivity index (χ0n) is 11.6. The van der Waals surface area contributed by atoms with E-state index in [1.54, 1.807) is 0 Å². The maximum atomic E-state index is 4.39. The fraction of sp³-hybridized carbons (Fsp3) is 1.00. The van der Waals surface area contributed by atoms with Gasteiger partial charge in [0.05, 0.1) is 0 Å². The fourth-order valence-electron chi connectivity index (χ4n) is 7.54. The van der Waals surface area contributed by atoms with E-state index in [2.05, 4.69) is 63.7 Å². The molecule has 0 aromatic heterocycles. The third kappa shape index (κ3) is 1.17. The predicted molar refractivity (Wildman–Crippen MR) is 97.7 cm³/mol. The minimum absolute atomic E-state index is 0.381. The molecule has 4 heteroatoms. The van der Waals surface area contributed by atoms with Crippen LogP contribution in [0.1, 0.15) is 64.2 Å². The molecule has 0 radical (unpaired) electrons. The molecular formula is C16H20Br4. The van der Waals surface area contributed by atoms with Crippen LogP contribution in [0.25, 0.3) is 0 Å². The van der Waals surface area contributed by atoms with Gasteiger partial charge < -0.3 is 0 Å². The van der Waals surface area contributed by atoms with Gasteiger partial charge in [-0.15, -0.1) is 0 Å². The number of halogens is 4. The minimum Gasteiger partial charge on any atom is -0.0853 e. The van der Waals surface area contributed by atoms with Crippen molar-refractivity contribution in [1.29, 1.82) is 0 Å². The van der Waals surface area contributed by atoms with Gasteiger partial charge >= 0.3 is 0 Å². The minimum atomic E-state index is 0.381. The molecule has 5 aliphatic rings. The van der Waals surface area contributed by atoms with Gasteiger partial charge in [0.1, 0.15) is 0 Å². The monoisotopic (exact) mass is 528 g/mol. The van der Waals surface area contributed by atoms with Crippen molar-refractivity contribution in [1.82, 2.24) is 0 Å². The van der Waals surface area contributed by atoms with Crippen LogP contribution >= 0.6 is 63.7 Å². The largest absolute Gasteiger partial charge is 0.0853 e. The molecule has 5 aliphatic carbocycles. The molecule has 5 fully saturated rings. The van der Waals surface area contributed by atoms with Crippen LogP contribution in [0, 0.1) is 10.8 Å². The Morgan fingerprint density at radius 1 is 0.500 bits per heavy atom. The van der Waals surface area contributed by atoms with Crippen LogP contribution in [0.2, 0.25) is 0 Å². The van der Waals surface area contributed by atoms with Crippen molar-refractivity contribution < 1.29 is 0 Å². The number of fused-ring (bicyclic) bond motifs is 2. The molecule has 0 N–H and O–H groups in total. The van der Waals surface area contributed by atoms with E-state index in [0.717, 1.165) is 0 Å². The molecule has 6 atom stereocenters. The van der Waals surface area contributed by atoms with Gasteiger partial charge in [-0.05, 0) is 51.4 Å². The molecule has 4 bridgehead atoms. The first kappa shape index (κ1) is 14.3. The second-order valence-corrected chi connectivity index (χ2v) is 14.6. The first-order valence-corrected chi connectivity index (χ1v) is 11.2. The fourth-order valence-corrected chi connectivity index (χ4v) is 15.0. The molecule has 0 aliphatic heterocycles. The summed E-state index contributed by atoms with van der Waals surface area (Å²) in [5, 5.41) is 0. The lowest BCUT2D eigenvalue weighted by atomic mass is 9.38. The van der Waals surface area contributed by atoms with Gasteiger partial charge in [0.15, 0.2) is 0 Å². The highest BCUT2D eigenvalue weighted by molar-refractivity contribution is 9.11. The van der Waals surface area contributed by atoms with Crippen molar-refractivity contribution in [2.75, 3.05) is 0 Å². The Hall–Kier alpha value is 1.92. The number of rotatable bonds is 0. The summed E-state index contributed by atoms with van der Waals surface area (Å²) in [6, 6.07) is 0. The van der Waals surface area contributed by atoms with Crippen molar-refractivity contribution >= 4 is 63.7 Å². The summed E-state index contributed by atoms with van der Waals surface area (Å²) in [6.45, 7) is 0. The van der Waals surface area contributed by atoms with E-state index in [4.69, 9.17) is 0 Å². The van der Waals surface area contributed by atoms with Crippen molar-refractivity contribution in [3.63, 3.8) is 0 Å². The third-order valence-electron chi connectivity index (χ3n) is 7.85. The highest BCUT2D eigenvalue weighted by Crippen LogP contribution is 2.93. The van der Waals surface area contributed by atoms with Crippen LogP contribution in [0.5, 0.6) is 0 Å². The Balaban J connectivity index is 1.73. The highest BCUT2D eigenvalue weighted by Gasteiger charge is 2.92. The molecular weight excluding hydrogens is 512 g/mol. The van der Waals surface area contributed by atoms with E-state index in [1.807, 2.05) is 0 Å². The standard InChI is InChI=1S/C16H20Br4/c17-11-3-1-5-13(7-11)15(19,9-11)14-6-2-4-12(18,8-14)10-16(13,14)20/h1-10H2/t11-,12+,13?,14?,15?,16?. The number of hydrogen-bond donors (Lipinski definition) is 0. The van der Waals surface area contributed by atoms with Crippen molar-refractivity contribution in [3.8, 4) is 0 Å². The maximum Gasteiger partial charge on any atom is 0.0411 e. The van der Waals surface area contributed by atoms with Gasteiger partial charge in [-0.25, -0.2) is 0 Å². The van der Waals surface area contributed by atoms with Gasteiger partial charge in [-0.2, -0.15) is 0 Å². The topological polar surface area (TPSA) is 0 Å². The molecule has 0 nitrogen and oxygen atoms in total. The number of alkyl halides is 4. The lowest BCUT2D eigenvalue weighted by Crippen LogP contribution is -2.78. The zero-order chi connectivity index (χ0) is 14.1. The summed E-state index contributed by atoms with van der Waals surface area (Å²) in [4.78, 5) is 0. The van der Waals surface area contributed by atoms with Gasteiger partial charge in [-0.1, -0.05) is 76.6 Å². The lowest BCUT2D eigenvalue weighted by molar-refractivity contribution is -0.116. The summed E-state index contributed by atoms with van der Waals surface area (Å²) in [5.41, 5.74) is 0.975. The van der Waals surface area contributed by atoms with Crippen LogP contribution < -0.4 is 0 Å². The normalized spacial score (nSPS) is 70.2. The molecule has 0 saturated heterocycles. The molecule has 0 aromatic rings. The molecule has 0 amide bonds. The molecule has 5 saturated carbocycles. The second kappa shape index (κ2) is 3.61. The molecule has 4 unspecified atom stereocenters. The van der Waals surface area contributed by atoms with Gasteiger partial charge in [0.25, 0.3) is 0 Å². The SMILES string of the molecule is BrC12C[C@]3(Br)CCCC1(C3)C1(Br)C[C@@]3(Br)CCCC21C3. The predicted octanol–water partition coefficient (Wildman–Crippen LogP) is 6.46. The molecule has 20 heavy (non-hydrogen) atoms. The quantitative estimate of drug-likeness (QED) is 0.315. The van der Waals surface area contributed by atoms with Crippen LogP contribution in [0.4, 0.5) is 0 Å². The Morgan fingerprint density at radius 2 is 0.900 bits per heavy atom. The van der Waals surface area contributed by atoms with Gasteiger partial charge in [0, 0.05) is 28.1 Å². The average Bonchev–Trinajstić information content (AvgIpc) is 2.61. The Morgan fingerprint density at radius 3 is 1.30 bits per heavy atom. The highest BCUT2D eigenvalue weighted by atomic mass is 79.9. The smallest absolute Gasteiger partial charge is 0.0411 e. The summed E-state index contributed by atoms with van der Waals surface area (Å²) in [7, 11) is 0. The molecule has 2 spiro atoms. The van der Waals surface area contributed by atoms with E-state index in [1.165, 1.54) is 64.2 Å². The second-order valence-electron chi connectivity index (χ2n) is 8.48. The van der Waals surface area contributed by atoms with Crippen LogP contribution in [-0.4, -0.2) is 17.3 Å². The summed E-state index contributed by atoms with van der Waals surface area (Å²) in [6.07, 6.45) is 13.8. The number of hydrogen-bond acceptors (Lipinski definition) is 0. The first-order chi connectivity index (χ1) is 9.24. The van der Waals surface area contributed by atoms with Crippen molar-refractivity contribution in [2.24, 2.45) is 10.8 Å². The Kier molecular flexibility index (Phi) is 2.58. The summed E-state index contributed by atoms with van der Waals surface area (Å²) in [5.74, 6) is 0. The zero-order valence-corrected chi connectivity index (χ0v) is 17.9. The van der Waals surface area contributed by atoms with E-state index in [0.29, 0.717) is 28.1 Å². The first-order valence-electron chi connectivity index (χ1n) is 8.00. The van der Waals surface area contributed by atoms with Gasteiger partial charge in [-0.3, -0.25) is 0 Å². The van der Waals surface area contributed by atoms with E-state index in [9.17, 15) is 0 Å². The maximum absolute atomic E-state index is 4.39. The van der Waals surface area contributed by atoms with Crippen LogP contribution in [0.15, 0.2) is 0 Å². The van der Waals surface area contributed by atoms with Crippen LogP contribution in [-0.2, 0) is 0 Å². The molecule has 0 aromatic carbocycles. The van der Waals surface area contributed by atoms with Gasteiger partial charge in [0.2, 0.25) is 0 Å². The van der Waals surface area contributed by atoms with E-state index in [-0.39, 0.29) is 0 Å². The lowest BCUT2D eigenvalue weighted by Gasteiger charge is -2.75. The summed E-state index contributed by atoms with van der Waals surface area (Å²) >= 11 is 17.1. The Bertz CT molecular complexity index is 461. The molecule has 112 valence electrons. The van der Waals surface area contributed by atoms with Crippen molar-refractivity contribution in [2.45, 2.75) is 81.5 Å². The van der Waals surface area contributed by atoms with E-state index >= 15 is 0 Å². The average molecular weight is 532 g/mol. The van der Waals surface area contributed by atoms with Crippen LogP contribution in [0.3, 0.4) is 0 Å². The third-order valence-corrected chi connectivity index (χ3v) is 13.4. The molecule has 0 heterocycles. The van der Waals surface area contributed by atoms with E-state index < -0.39 is 0 Å². The van der Waals surface area contributed by atoms with Crippen molar-refractivity contribution in [3.05, 3.63) is 0 Å².